The van der Waals surface area contributed by atoms with Gasteiger partial charge in [0.15, 0.2) is 0 Å². The third-order valence-corrected chi connectivity index (χ3v) is 0.604. The lowest BCUT2D eigenvalue weighted by Crippen LogP contribution is -3.00. The van der Waals surface area contributed by atoms with E-state index in [0.29, 0.717) is 0 Å². The summed E-state index contributed by atoms with van der Waals surface area (Å²) in [6.45, 7) is 9.17. The van der Waals surface area contributed by atoms with Gasteiger partial charge >= 0.3 is 0 Å². The lowest BCUT2D eigenvalue weighted by molar-refractivity contribution is -0.909. The first-order valence-corrected chi connectivity index (χ1v) is 3.06. The third-order valence-electron chi connectivity index (χ3n) is 0.604. The maximum absolute atomic E-state index is 5.25. The molecular formula is C6H16ClNO. The fourth-order valence-electron chi connectivity index (χ4n) is 0.333. The highest BCUT2D eigenvalue weighted by atomic mass is 35.5. The predicted octanol–water partition coefficient (Wildman–Crippen LogP) is -2.70. The number of rotatable bonds is 2. The van der Waals surface area contributed by atoms with Crippen molar-refractivity contribution in [2.45, 2.75) is 33.3 Å². The molecule has 0 aliphatic carbocycles. The number of halogens is 1. The summed E-state index contributed by atoms with van der Waals surface area (Å²) >= 11 is 0. The van der Waals surface area contributed by atoms with Crippen LogP contribution in [0.3, 0.4) is 0 Å². The van der Waals surface area contributed by atoms with Gasteiger partial charge in [-0.05, 0) is 27.7 Å². The number of hydrogen-bond donors (Lipinski definition) is 1. The fourth-order valence-corrected chi connectivity index (χ4v) is 0.333. The van der Waals surface area contributed by atoms with Crippen molar-refractivity contribution in [3.8, 4) is 0 Å². The van der Waals surface area contributed by atoms with Crippen LogP contribution in [0.15, 0.2) is 0 Å². The first kappa shape index (κ1) is 11.9. The van der Waals surface area contributed by atoms with Gasteiger partial charge in [-0.15, -0.1) is 0 Å². The Morgan fingerprint density at radius 1 is 1.33 bits per heavy atom. The Kier molecular flexibility index (Phi) is 6.68. The number of quaternary nitrogens is 1. The van der Waals surface area contributed by atoms with Crippen molar-refractivity contribution in [2.75, 3.05) is 6.54 Å². The van der Waals surface area contributed by atoms with Crippen LogP contribution < -0.4 is 17.9 Å². The van der Waals surface area contributed by atoms with Gasteiger partial charge in [-0.25, -0.2) is 10.3 Å². The molecule has 0 unspecified atom stereocenters. The second-order valence-electron chi connectivity index (χ2n) is 2.81. The molecule has 0 aliphatic heterocycles. The Labute approximate surface area is 63.3 Å². The van der Waals surface area contributed by atoms with E-state index in [1.165, 1.54) is 0 Å². The normalized spacial score (nSPS) is 10.7. The molecule has 0 rings (SSSR count). The van der Waals surface area contributed by atoms with Crippen LogP contribution >= 0.6 is 0 Å². The number of hydroxylamine groups is 1. The lowest BCUT2D eigenvalue weighted by Gasteiger charge is -2.13. The van der Waals surface area contributed by atoms with Crippen LogP contribution in [0.25, 0.3) is 0 Å². The summed E-state index contributed by atoms with van der Waals surface area (Å²) in [5.41, 5.74) is 1.83. The molecule has 0 amide bonds. The van der Waals surface area contributed by atoms with E-state index in [2.05, 4.69) is 6.92 Å². The van der Waals surface area contributed by atoms with Crippen LogP contribution in [0.1, 0.15) is 27.7 Å². The molecule has 0 spiro atoms. The zero-order valence-electron chi connectivity index (χ0n) is 6.57. The van der Waals surface area contributed by atoms with Crippen LogP contribution in [-0.4, -0.2) is 12.1 Å². The second kappa shape index (κ2) is 5.03. The summed E-state index contributed by atoms with van der Waals surface area (Å²) < 4.78 is 0. The standard InChI is InChI=1S/C6H15NO.ClH/c1-5-7-8-6(2,3)4;/h7H,5H2,1-4H3;1H. The van der Waals surface area contributed by atoms with Gasteiger partial charge in [0.1, 0.15) is 12.1 Å². The topological polar surface area (TPSA) is 25.8 Å². The van der Waals surface area contributed by atoms with E-state index in [1.54, 1.807) is 0 Å². The number of nitrogens with two attached hydrogens (primary N) is 1. The molecule has 0 saturated heterocycles. The van der Waals surface area contributed by atoms with Crippen molar-refractivity contribution < 1.29 is 22.7 Å². The molecular weight excluding hydrogens is 138 g/mol. The molecule has 0 fully saturated rings. The van der Waals surface area contributed by atoms with Gasteiger partial charge in [0.2, 0.25) is 0 Å². The Balaban J connectivity index is 0. The van der Waals surface area contributed by atoms with E-state index in [9.17, 15) is 0 Å². The second-order valence-corrected chi connectivity index (χ2v) is 2.81. The van der Waals surface area contributed by atoms with Crippen LogP contribution in [0.2, 0.25) is 0 Å². The van der Waals surface area contributed by atoms with Crippen LogP contribution in [0, 0.1) is 0 Å². The Hall–Kier alpha value is 0.210. The molecule has 0 aromatic carbocycles. The SMILES string of the molecule is CC[NH2+]OC(C)(C)C.[Cl-]. The van der Waals surface area contributed by atoms with Crippen LogP contribution in [0.5, 0.6) is 0 Å². The van der Waals surface area contributed by atoms with Crippen molar-refractivity contribution in [2.24, 2.45) is 0 Å². The van der Waals surface area contributed by atoms with Gasteiger partial charge in [0.05, 0.1) is 0 Å². The first-order valence-electron chi connectivity index (χ1n) is 3.06. The monoisotopic (exact) mass is 153 g/mol. The zero-order valence-corrected chi connectivity index (χ0v) is 7.33. The molecule has 3 heteroatoms. The van der Waals surface area contributed by atoms with E-state index in [-0.39, 0.29) is 18.0 Å². The zero-order chi connectivity index (χ0) is 6.62. The number of hydrogen-bond acceptors (Lipinski definition) is 1. The molecule has 0 aromatic heterocycles. The maximum Gasteiger partial charge on any atom is 0.119 e. The van der Waals surface area contributed by atoms with Crippen molar-refractivity contribution in [3.05, 3.63) is 0 Å². The van der Waals surface area contributed by atoms with Gasteiger partial charge in [-0.3, -0.25) is 0 Å². The van der Waals surface area contributed by atoms with Gasteiger partial charge in [-0.1, -0.05) is 0 Å². The molecule has 0 aromatic rings. The van der Waals surface area contributed by atoms with E-state index in [0.717, 1.165) is 6.54 Å². The Bertz CT molecular complexity index is 60.6. The molecule has 9 heavy (non-hydrogen) atoms. The minimum atomic E-state index is -0.00396. The summed E-state index contributed by atoms with van der Waals surface area (Å²) in [5.74, 6) is 0. The summed E-state index contributed by atoms with van der Waals surface area (Å²) in [7, 11) is 0. The van der Waals surface area contributed by atoms with Gasteiger partial charge in [0, 0.05) is 0 Å². The molecule has 0 aliphatic rings. The minimum Gasteiger partial charge on any atom is -1.00 e. The smallest absolute Gasteiger partial charge is 0.119 e. The quantitative estimate of drug-likeness (QED) is 0.430. The highest BCUT2D eigenvalue weighted by Crippen LogP contribution is 1.99. The minimum absolute atomic E-state index is 0. The Morgan fingerprint density at radius 3 is 1.89 bits per heavy atom. The van der Waals surface area contributed by atoms with Gasteiger partial charge in [-0.2, -0.15) is 0 Å². The molecule has 58 valence electrons. The maximum atomic E-state index is 5.25. The van der Waals surface area contributed by atoms with Gasteiger partial charge < -0.3 is 12.4 Å². The fraction of sp³-hybridized carbons (Fsp3) is 1.00. The third kappa shape index (κ3) is 11.7. The summed E-state index contributed by atoms with van der Waals surface area (Å²) in [5, 5.41) is 0. The molecule has 0 heterocycles. The van der Waals surface area contributed by atoms with Crippen LogP contribution in [0.4, 0.5) is 0 Å². The summed E-state index contributed by atoms with van der Waals surface area (Å²) in [4.78, 5) is 5.25. The van der Waals surface area contributed by atoms with Crippen molar-refractivity contribution in [3.63, 3.8) is 0 Å². The van der Waals surface area contributed by atoms with Gasteiger partial charge in [0.25, 0.3) is 0 Å². The van der Waals surface area contributed by atoms with E-state index < -0.39 is 0 Å². The summed E-state index contributed by atoms with van der Waals surface area (Å²) in [6.07, 6.45) is 0. The summed E-state index contributed by atoms with van der Waals surface area (Å²) in [6, 6.07) is 0. The molecule has 0 radical (unpaired) electrons. The molecule has 2 N–H and O–H groups in total. The van der Waals surface area contributed by atoms with Crippen molar-refractivity contribution in [1.82, 2.24) is 0 Å². The Morgan fingerprint density at radius 2 is 1.78 bits per heavy atom. The average Bonchev–Trinajstić information content (AvgIpc) is 1.59. The van der Waals surface area contributed by atoms with E-state index in [4.69, 9.17) is 4.84 Å². The molecule has 0 bridgehead atoms. The molecule has 0 saturated carbocycles. The lowest BCUT2D eigenvalue weighted by atomic mass is 10.2. The highest BCUT2D eigenvalue weighted by molar-refractivity contribution is 4.53. The average molecular weight is 154 g/mol. The van der Waals surface area contributed by atoms with Crippen molar-refractivity contribution in [1.29, 1.82) is 0 Å². The first-order chi connectivity index (χ1) is 3.56. The molecule has 2 nitrogen and oxygen atoms in total. The predicted molar refractivity (Wildman–Crippen MR) is 33.3 cm³/mol. The van der Waals surface area contributed by atoms with E-state index in [1.807, 2.05) is 26.3 Å². The van der Waals surface area contributed by atoms with E-state index >= 15 is 0 Å². The van der Waals surface area contributed by atoms with Crippen molar-refractivity contribution >= 4 is 0 Å². The van der Waals surface area contributed by atoms with Crippen LogP contribution in [-0.2, 0) is 4.84 Å². The molecule has 0 atom stereocenters. The highest BCUT2D eigenvalue weighted by Gasteiger charge is 2.11. The largest absolute Gasteiger partial charge is 1.00 e.